The van der Waals surface area contributed by atoms with Crippen LogP contribution in [0.25, 0.3) is 0 Å². The molecule has 1 aromatic carbocycles. The second-order valence-corrected chi connectivity index (χ2v) is 7.12. The molecule has 1 aliphatic rings. The van der Waals surface area contributed by atoms with E-state index in [4.69, 9.17) is 0 Å². The summed E-state index contributed by atoms with van der Waals surface area (Å²) < 4.78 is 1.82. The Morgan fingerprint density at radius 3 is 2.86 bits per heavy atom. The predicted molar refractivity (Wildman–Crippen MR) is 107 cm³/mol. The second kappa shape index (κ2) is 10.0. The molecule has 0 aliphatic carbocycles. The number of benzene rings is 1. The summed E-state index contributed by atoms with van der Waals surface area (Å²) in [6.07, 6.45) is 5.79. The summed E-state index contributed by atoms with van der Waals surface area (Å²) in [5.41, 5.74) is 2.26. The molecule has 2 amide bonds. The van der Waals surface area contributed by atoms with Crippen LogP contribution in [-0.4, -0.2) is 52.2 Å². The molecule has 28 heavy (non-hydrogen) atoms. The van der Waals surface area contributed by atoms with Crippen LogP contribution in [0.2, 0.25) is 0 Å². The van der Waals surface area contributed by atoms with Crippen LogP contribution < -0.4 is 10.6 Å². The van der Waals surface area contributed by atoms with Crippen molar-refractivity contribution in [3.63, 3.8) is 0 Å². The number of carbonyl (C=O) groups is 2. The lowest BCUT2D eigenvalue weighted by atomic mass is 10.1. The summed E-state index contributed by atoms with van der Waals surface area (Å²) in [7, 11) is 0. The monoisotopic (exact) mass is 383 g/mol. The van der Waals surface area contributed by atoms with Gasteiger partial charge in [-0.25, -0.2) is 0 Å². The molecule has 7 heteroatoms. The lowest BCUT2D eigenvalue weighted by molar-refractivity contribution is -0.134. The first-order chi connectivity index (χ1) is 13.7. The molecule has 2 heterocycles. The van der Waals surface area contributed by atoms with Gasteiger partial charge in [-0.15, -0.1) is 0 Å². The minimum atomic E-state index is -0.400. The van der Waals surface area contributed by atoms with E-state index in [2.05, 4.69) is 32.8 Å². The van der Waals surface area contributed by atoms with Crippen LogP contribution in [0.15, 0.2) is 42.7 Å². The van der Waals surface area contributed by atoms with Gasteiger partial charge in [0.15, 0.2) is 0 Å². The molecule has 0 saturated carbocycles. The molecule has 0 bridgehead atoms. The number of carbonyl (C=O) groups excluding carboxylic acids is 2. The van der Waals surface area contributed by atoms with Crippen LogP contribution in [0.3, 0.4) is 0 Å². The van der Waals surface area contributed by atoms with Gasteiger partial charge in [0.1, 0.15) is 0 Å². The topological polar surface area (TPSA) is 79.3 Å². The fourth-order valence-corrected chi connectivity index (χ4v) is 3.50. The quantitative estimate of drug-likeness (QED) is 0.685. The van der Waals surface area contributed by atoms with E-state index in [9.17, 15) is 9.59 Å². The molecule has 1 aliphatic heterocycles. The van der Waals surface area contributed by atoms with E-state index in [1.807, 2.05) is 36.0 Å². The number of nitrogens with one attached hydrogen (secondary N) is 2. The first-order valence-electron chi connectivity index (χ1n) is 9.99. The van der Waals surface area contributed by atoms with E-state index >= 15 is 0 Å². The van der Waals surface area contributed by atoms with E-state index in [0.29, 0.717) is 13.1 Å². The molecule has 7 nitrogen and oxygen atoms in total. The van der Waals surface area contributed by atoms with Crippen molar-refractivity contribution in [3.8, 4) is 0 Å². The van der Waals surface area contributed by atoms with Gasteiger partial charge in [0.05, 0.1) is 18.7 Å². The zero-order valence-electron chi connectivity index (χ0n) is 16.4. The molecular formula is C21H29N5O2. The fraction of sp³-hybridized carbons (Fsp3) is 0.476. The summed E-state index contributed by atoms with van der Waals surface area (Å²) in [6.45, 7) is 5.47. The maximum absolute atomic E-state index is 12.4. The van der Waals surface area contributed by atoms with Crippen molar-refractivity contribution in [1.82, 2.24) is 25.3 Å². The summed E-state index contributed by atoms with van der Waals surface area (Å²) in [6, 6.07) is 9.94. The van der Waals surface area contributed by atoms with Crippen LogP contribution in [0.5, 0.6) is 0 Å². The van der Waals surface area contributed by atoms with E-state index in [-0.39, 0.29) is 18.2 Å². The number of hydrogen-bond donors (Lipinski definition) is 2. The highest BCUT2D eigenvalue weighted by molar-refractivity contribution is 5.88. The molecule has 1 atom stereocenters. The summed E-state index contributed by atoms with van der Waals surface area (Å²) in [4.78, 5) is 26.9. The van der Waals surface area contributed by atoms with Crippen molar-refractivity contribution in [2.75, 3.05) is 19.6 Å². The summed E-state index contributed by atoms with van der Waals surface area (Å²) in [5, 5.41) is 10.00. The normalized spacial score (nSPS) is 17.3. The van der Waals surface area contributed by atoms with Gasteiger partial charge in [0.25, 0.3) is 0 Å². The van der Waals surface area contributed by atoms with Gasteiger partial charge in [-0.2, -0.15) is 5.10 Å². The van der Waals surface area contributed by atoms with Gasteiger partial charge in [0.2, 0.25) is 11.8 Å². The highest BCUT2D eigenvalue weighted by Crippen LogP contribution is 2.12. The van der Waals surface area contributed by atoms with E-state index in [1.165, 1.54) is 5.56 Å². The number of nitrogens with zero attached hydrogens (tertiary/aromatic N) is 3. The number of piperazine rings is 1. The Hall–Kier alpha value is -2.67. The molecular weight excluding hydrogens is 354 g/mol. The zero-order chi connectivity index (χ0) is 19.8. The van der Waals surface area contributed by atoms with Crippen LogP contribution in [0.4, 0.5) is 0 Å². The van der Waals surface area contributed by atoms with Crippen molar-refractivity contribution in [2.45, 2.75) is 45.3 Å². The smallest absolute Gasteiger partial charge is 0.237 e. The van der Waals surface area contributed by atoms with Crippen LogP contribution in [0.1, 0.15) is 30.9 Å². The predicted octanol–water partition coefficient (Wildman–Crippen LogP) is 1.34. The molecule has 0 unspecified atom stereocenters. The highest BCUT2D eigenvalue weighted by atomic mass is 16.2. The number of rotatable bonds is 9. The summed E-state index contributed by atoms with van der Waals surface area (Å²) >= 11 is 0. The fourth-order valence-electron chi connectivity index (χ4n) is 3.50. The lowest BCUT2D eigenvalue weighted by Crippen LogP contribution is -2.56. The average Bonchev–Trinajstić information content (AvgIpc) is 3.18. The van der Waals surface area contributed by atoms with Gasteiger partial charge in [-0.1, -0.05) is 30.3 Å². The van der Waals surface area contributed by atoms with Gasteiger partial charge in [-0.05, 0) is 31.9 Å². The van der Waals surface area contributed by atoms with Crippen molar-refractivity contribution in [1.29, 1.82) is 0 Å². The molecule has 0 spiro atoms. The molecule has 2 N–H and O–H groups in total. The van der Waals surface area contributed by atoms with Crippen LogP contribution in [0, 0.1) is 0 Å². The average molecular weight is 383 g/mol. The number of amides is 2. The lowest BCUT2D eigenvalue weighted by Gasteiger charge is -2.34. The van der Waals surface area contributed by atoms with Crippen molar-refractivity contribution < 1.29 is 9.59 Å². The molecule has 1 saturated heterocycles. The minimum Gasteiger partial charge on any atom is -0.353 e. The van der Waals surface area contributed by atoms with E-state index in [1.54, 1.807) is 6.20 Å². The third-order valence-corrected chi connectivity index (χ3v) is 5.07. The highest BCUT2D eigenvalue weighted by Gasteiger charge is 2.31. The Kier molecular flexibility index (Phi) is 7.19. The Balaban J connectivity index is 1.48. The Labute approximate surface area is 166 Å². The zero-order valence-corrected chi connectivity index (χ0v) is 16.4. The number of hydrogen-bond acceptors (Lipinski definition) is 4. The summed E-state index contributed by atoms with van der Waals surface area (Å²) in [5.74, 6) is -0.167. The second-order valence-electron chi connectivity index (χ2n) is 7.12. The third kappa shape index (κ3) is 5.66. The van der Waals surface area contributed by atoms with Crippen LogP contribution in [-0.2, 0) is 29.1 Å². The Bertz CT molecular complexity index is 774. The maximum Gasteiger partial charge on any atom is 0.237 e. The first-order valence-corrected chi connectivity index (χ1v) is 9.99. The largest absolute Gasteiger partial charge is 0.353 e. The minimum absolute atomic E-state index is 0.0556. The maximum atomic E-state index is 12.4. The van der Waals surface area contributed by atoms with Gasteiger partial charge < -0.3 is 10.6 Å². The molecule has 0 radical (unpaired) electrons. The van der Waals surface area contributed by atoms with Crippen molar-refractivity contribution in [2.24, 2.45) is 0 Å². The number of aryl methyl sites for hydroxylation is 2. The van der Waals surface area contributed by atoms with Gasteiger partial charge >= 0.3 is 0 Å². The molecule has 1 fully saturated rings. The third-order valence-electron chi connectivity index (χ3n) is 5.07. The van der Waals surface area contributed by atoms with Crippen LogP contribution >= 0.6 is 0 Å². The van der Waals surface area contributed by atoms with E-state index in [0.717, 1.165) is 38.0 Å². The first kappa shape index (κ1) is 20.1. The van der Waals surface area contributed by atoms with Gasteiger partial charge in [0, 0.05) is 37.9 Å². The molecule has 1 aromatic heterocycles. The van der Waals surface area contributed by atoms with Crippen molar-refractivity contribution >= 4 is 11.8 Å². The molecule has 2 aromatic rings. The number of aromatic nitrogens is 2. The van der Waals surface area contributed by atoms with Gasteiger partial charge in [-0.3, -0.25) is 19.2 Å². The van der Waals surface area contributed by atoms with E-state index < -0.39 is 6.04 Å². The standard InChI is InChI=1S/C21H29N5O2/c1-2-26-16-18(15-24-26)14-23-20(27)13-19-21(28)22-10-12-25(19)11-6-9-17-7-4-3-5-8-17/h3-5,7-8,15-16,19H,2,6,9-14H2,1H3,(H,22,28)(H,23,27)/t19-/m1/s1. The SMILES string of the molecule is CCn1cc(CNC(=O)C[C@@H]2C(=O)NCCN2CCCc2ccccc2)cn1. The molecule has 150 valence electrons. The Morgan fingerprint density at radius 1 is 1.29 bits per heavy atom. The molecule has 3 rings (SSSR count). The Morgan fingerprint density at radius 2 is 2.11 bits per heavy atom. The van der Waals surface area contributed by atoms with Crippen molar-refractivity contribution in [3.05, 3.63) is 53.9 Å².